The fourth-order valence-electron chi connectivity index (χ4n) is 1.69. The number of halogens is 2. The first-order valence-corrected chi connectivity index (χ1v) is 8.47. The van der Waals surface area contributed by atoms with E-state index in [9.17, 15) is 8.42 Å². The number of rotatable bonds is 3. The van der Waals surface area contributed by atoms with Crippen LogP contribution in [0.5, 0.6) is 0 Å². The molecule has 0 aromatic heterocycles. The van der Waals surface area contributed by atoms with Crippen molar-refractivity contribution < 1.29 is 8.42 Å². The van der Waals surface area contributed by atoms with Crippen molar-refractivity contribution in [1.29, 1.82) is 5.26 Å². The van der Waals surface area contributed by atoms with Crippen molar-refractivity contribution >= 4 is 43.2 Å². The Hall–Kier alpha value is -1.55. The van der Waals surface area contributed by atoms with Gasteiger partial charge in [-0.3, -0.25) is 4.72 Å². The summed E-state index contributed by atoms with van der Waals surface area (Å²) in [5, 5.41) is 8.94. The SMILES string of the molecule is Cc1ccc(S(=O)(=O)Nc2ccc(C#N)cc2Cl)c(Br)c1. The van der Waals surface area contributed by atoms with Gasteiger partial charge in [-0.2, -0.15) is 5.26 Å². The molecule has 108 valence electrons. The van der Waals surface area contributed by atoms with Gasteiger partial charge in [0.25, 0.3) is 10.0 Å². The van der Waals surface area contributed by atoms with Crippen LogP contribution in [0.15, 0.2) is 45.8 Å². The number of nitrogens with one attached hydrogen (secondary N) is 1. The van der Waals surface area contributed by atoms with Crippen LogP contribution in [-0.4, -0.2) is 8.42 Å². The van der Waals surface area contributed by atoms with E-state index in [1.165, 1.54) is 24.3 Å². The molecule has 0 radical (unpaired) electrons. The van der Waals surface area contributed by atoms with Gasteiger partial charge in [-0.1, -0.05) is 17.7 Å². The lowest BCUT2D eigenvalue weighted by Crippen LogP contribution is -2.14. The molecule has 2 rings (SSSR count). The number of hydrogen-bond donors (Lipinski definition) is 1. The molecule has 0 aliphatic rings. The van der Waals surface area contributed by atoms with Gasteiger partial charge in [-0.25, -0.2) is 8.42 Å². The molecule has 0 spiro atoms. The quantitative estimate of drug-likeness (QED) is 0.865. The largest absolute Gasteiger partial charge is 0.278 e. The Morgan fingerprint density at radius 1 is 1.24 bits per heavy atom. The molecule has 1 N–H and O–H groups in total. The van der Waals surface area contributed by atoms with Gasteiger partial charge in [0.1, 0.15) is 4.90 Å². The summed E-state index contributed by atoms with van der Waals surface area (Å²) >= 11 is 9.22. The van der Waals surface area contributed by atoms with E-state index in [-0.39, 0.29) is 15.6 Å². The smallest absolute Gasteiger partial charge is 0.263 e. The number of hydrogen-bond acceptors (Lipinski definition) is 3. The Kier molecular flexibility index (Phi) is 4.57. The first-order valence-electron chi connectivity index (χ1n) is 5.82. The summed E-state index contributed by atoms with van der Waals surface area (Å²) in [5.41, 5.74) is 1.53. The van der Waals surface area contributed by atoms with Crippen LogP contribution in [0.25, 0.3) is 0 Å². The predicted octanol–water partition coefficient (Wildman–Crippen LogP) is 4.08. The Morgan fingerprint density at radius 2 is 1.95 bits per heavy atom. The first-order chi connectivity index (χ1) is 9.83. The highest BCUT2D eigenvalue weighted by molar-refractivity contribution is 9.10. The summed E-state index contributed by atoms with van der Waals surface area (Å²) in [4.78, 5) is 0.119. The van der Waals surface area contributed by atoms with Crippen molar-refractivity contribution in [3.05, 3.63) is 57.0 Å². The van der Waals surface area contributed by atoms with Gasteiger partial charge in [0, 0.05) is 4.47 Å². The maximum Gasteiger partial charge on any atom is 0.263 e. The van der Waals surface area contributed by atoms with E-state index in [4.69, 9.17) is 16.9 Å². The van der Waals surface area contributed by atoms with Crippen LogP contribution in [0, 0.1) is 18.3 Å². The van der Waals surface area contributed by atoms with E-state index in [0.717, 1.165) is 5.56 Å². The molecular formula is C14H10BrClN2O2S. The number of aryl methyl sites for hydroxylation is 1. The van der Waals surface area contributed by atoms with E-state index >= 15 is 0 Å². The number of sulfonamides is 1. The molecule has 0 fully saturated rings. The minimum Gasteiger partial charge on any atom is -0.278 e. The molecule has 21 heavy (non-hydrogen) atoms. The third kappa shape index (κ3) is 3.56. The second-order valence-electron chi connectivity index (χ2n) is 4.35. The summed E-state index contributed by atoms with van der Waals surface area (Å²) in [5.74, 6) is 0. The molecular weight excluding hydrogens is 376 g/mol. The fourth-order valence-corrected chi connectivity index (χ4v) is 4.25. The third-order valence-corrected chi connectivity index (χ3v) is 5.37. The average Bonchev–Trinajstić information content (AvgIpc) is 2.40. The van der Waals surface area contributed by atoms with E-state index in [1.54, 1.807) is 12.1 Å². The zero-order chi connectivity index (χ0) is 15.6. The third-order valence-electron chi connectivity index (χ3n) is 2.72. The minimum absolute atomic E-state index is 0.119. The van der Waals surface area contributed by atoms with Gasteiger partial charge in [0.05, 0.1) is 22.3 Å². The molecule has 2 aromatic rings. The van der Waals surface area contributed by atoms with Crippen LogP contribution in [0.2, 0.25) is 5.02 Å². The van der Waals surface area contributed by atoms with Gasteiger partial charge in [-0.05, 0) is 58.7 Å². The molecule has 0 aliphatic carbocycles. The topological polar surface area (TPSA) is 70.0 Å². The van der Waals surface area contributed by atoms with Gasteiger partial charge in [0.15, 0.2) is 0 Å². The Balaban J connectivity index is 2.40. The second kappa shape index (κ2) is 6.06. The van der Waals surface area contributed by atoms with Gasteiger partial charge < -0.3 is 0 Å². The lowest BCUT2D eigenvalue weighted by molar-refractivity contribution is 0.600. The molecule has 2 aromatic carbocycles. The maximum atomic E-state index is 12.4. The van der Waals surface area contributed by atoms with Crippen LogP contribution >= 0.6 is 27.5 Å². The van der Waals surface area contributed by atoms with Gasteiger partial charge in [-0.15, -0.1) is 0 Å². The molecule has 0 saturated heterocycles. The zero-order valence-electron chi connectivity index (χ0n) is 10.9. The highest BCUT2D eigenvalue weighted by Gasteiger charge is 2.19. The van der Waals surface area contributed by atoms with Crippen molar-refractivity contribution in [2.45, 2.75) is 11.8 Å². The summed E-state index contributed by atoms with van der Waals surface area (Å²) in [7, 11) is -3.77. The van der Waals surface area contributed by atoms with Crippen LogP contribution in [0.1, 0.15) is 11.1 Å². The molecule has 0 heterocycles. The van der Waals surface area contributed by atoms with Crippen molar-refractivity contribution in [2.24, 2.45) is 0 Å². The van der Waals surface area contributed by atoms with Crippen molar-refractivity contribution in [3.8, 4) is 6.07 Å². The Labute approximate surface area is 136 Å². The summed E-state index contributed by atoms with van der Waals surface area (Å²) < 4.78 is 27.6. The Morgan fingerprint density at radius 3 is 2.52 bits per heavy atom. The standard InChI is InChI=1S/C14H10BrClN2O2S/c1-9-2-5-14(11(15)6-9)21(19,20)18-13-4-3-10(8-17)7-12(13)16/h2-7,18H,1H3. The van der Waals surface area contributed by atoms with Crippen LogP contribution < -0.4 is 4.72 Å². The second-order valence-corrected chi connectivity index (χ2v) is 7.26. The maximum absolute atomic E-state index is 12.4. The lowest BCUT2D eigenvalue weighted by atomic mass is 10.2. The molecule has 7 heteroatoms. The lowest BCUT2D eigenvalue weighted by Gasteiger charge is -2.11. The summed E-state index contributed by atoms with van der Waals surface area (Å²) in [6.07, 6.45) is 0. The van der Waals surface area contributed by atoms with Crippen LogP contribution in [-0.2, 0) is 10.0 Å². The van der Waals surface area contributed by atoms with Crippen LogP contribution in [0.3, 0.4) is 0 Å². The average molecular weight is 386 g/mol. The van der Waals surface area contributed by atoms with E-state index in [1.807, 2.05) is 13.0 Å². The molecule has 0 aliphatic heterocycles. The number of nitrogens with zero attached hydrogens (tertiary/aromatic N) is 1. The number of benzene rings is 2. The predicted molar refractivity (Wildman–Crippen MR) is 85.9 cm³/mol. The molecule has 0 unspecified atom stereocenters. The first kappa shape index (κ1) is 15.8. The van der Waals surface area contributed by atoms with E-state index < -0.39 is 10.0 Å². The molecule has 0 bridgehead atoms. The van der Waals surface area contributed by atoms with Gasteiger partial charge >= 0.3 is 0 Å². The minimum atomic E-state index is -3.77. The molecule has 4 nitrogen and oxygen atoms in total. The molecule has 0 saturated carbocycles. The molecule has 0 atom stereocenters. The normalized spacial score (nSPS) is 11.0. The van der Waals surface area contributed by atoms with Gasteiger partial charge in [0.2, 0.25) is 0 Å². The van der Waals surface area contributed by atoms with Crippen LogP contribution in [0.4, 0.5) is 5.69 Å². The molecule has 0 amide bonds. The van der Waals surface area contributed by atoms with Crippen molar-refractivity contribution in [1.82, 2.24) is 0 Å². The van der Waals surface area contributed by atoms with E-state index in [2.05, 4.69) is 20.7 Å². The van der Waals surface area contributed by atoms with E-state index in [0.29, 0.717) is 10.0 Å². The Bertz CT molecular complexity index is 845. The summed E-state index contributed by atoms with van der Waals surface area (Å²) in [6, 6.07) is 11.2. The highest BCUT2D eigenvalue weighted by Crippen LogP contribution is 2.28. The van der Waals surface area contributed by atoms with Crippen molar-refractivity contribution in [3.63, 3.8) is 0 Å². The van der Waals surface area contributed by atoms with Crippen molar-refractivity contribution in [2.75, 3.05) is 4.72 Å². The number of anilines is 1. The summed E-state index contributed by atoms with van der Waals surface area (Å²) in [6.45, 7) is 1.87. The number of nitriles is 1. The zero-order valence-corrected chi connectivity index (χ0v) is 14.1. The fraction of sp³-hybridized carbons (Fsp3) is 0.0714. The monoisotopic (exact) mass is 384 g/mol. The highest BCUT2D eigenvalue weighted by atomic mass is 79.9.